The van der Waals surface area contributed by atoms with Crippen LogP contribution in [0.3, 0.4) is 0 Å². The molecule has 0 fully saturated rings. The van der Waals surface area contributed by atoms with E-state index in [9.17, 15) is 4.79 Å². The van der Waals surface area contributed by atoms with Crippen molar-refractivity contribution in [2.75, 3.05) is 17.2 Å². The van der Waals surface area contributed by atoms with Crippen molar-refractivity contribution < 1.29 is 9.53 Å². The Bertz CT molecular complexity index is 709. The van der Waals surface area contributed by atoms with E-state index in [1.807, 2.05) is 24.3 Å². The quantitative estimate of drug-likeness (QED) is 0.697. The molecule has 1 atom stereocenters. The van der Waals surface area contributed by atoms with Crippen LogP contribution in [0.25, 0.3) is 0 Å². The Balaban J connectivity index is 1.91. The number of carbonyl (C=O) groups excluding carboxylic acids is 1. The summed E-state index contributed by atoms with van der Waals surface area (Å²) >= 11 is 3.42. The van der Waals surface area contributed by atoms with E-state index in [-0.39, 0.29) is 17.9 Å². The Hall–Kier alpha value is -2.06. The third kappa shape index (κ3) is 6.75. The predicted octanol–water partition coefficient (Wildman–Crippen LogP) is 3.31. The minimum Gasteiger partial charge on any atom is -0.375 e. The smallest absolute Gasteiger partial charge is 0.234 e. The molecule has 2 aromatic rings. The fraction of sp³-hybridized carbons (Fsp3) is 0.412. The normalized spacial score (nSPS) is 11.8. The number of nitrogens with one attached hydrogen (secondary N) is 2. The van der Waals surface area contributed by atoms with E-state index in [0.717, 1.165) is 16.5 Å². The van der Waals surface area contributed by atoms with Gasteiger partial charge in [0.25, 0.3) is 0 Å². The molecule has 8 heteroatoms. The van der Waals surface area contributed by atoms with Gasteiger partial charge in [-0.05, 0) is 31.0 Å². The Kier molecular flexibility index (Phi) is 7.27. The number of carbonyl (C=O) groups is 1. The maximum absolute atomic E-state index is 11.2. The molecule has 0 radical (unpaired) electrons. The summed E-state index contributed by atoms with van der Waals surface area (Å²) < 4.78 is 6.84. The molecular weight excluding hydrogens is 386 g/mol. The van der Waals surface area contributed by atoms with Crippen molar-refractivity contribution in [3.05, 3.63) is 40.1 Å². The molecule has 1 heterocycles. The molecule has 1 unspecified atom stereocenters. The molecule has 1 aromatic carbocycles. The van der Waals surface area contributed by atoms with Gasteiger partial charge >= 0.3 is 0 Å². The number of anilines is 2. The predicted molar refractivity (Wildman–Crippen MR) is 100 cm³/mol. The molecule has 2 rings (SSSR count). The molecule has 1 amide bonds. The fourth-order valence-electron chi connectivity index (χ4n) is 2.10. The van der Waals surface area contributed by atoms with Gasteiger partial charge in [-0.2, -0.15) is 15.0 Å². The van der Waals surface area contributed by atoms with Crippen LogP contribution in [0.15, 0.2) is 28.7 Å². The average Bonchev–Trinajstić information content (AvgIpc) is 2.54. The first-order chi connectivity index (χ1) is 12.0. The van der Waals surface area contributed by atoms with E-state index in [0.29, 0.717) is 25.0 Å². The van der Waals surface area contributed by atoms with Crippen molar-refractivity contribution in [2.24, 2.45) is 0 Å². The highest BCUT2D eigenvalue weighted by Gasteiger charge is 2.11. The summed E-state index contributed by atoms with van der Waals surface area (Å²) in [5, 5.41) is 5.80. The third-order valence-corrected chi connectivity index (χ3v) is 3.89. The topological polar surface area (TPSA) is 89.0 Å². The number of rotatable bonds is 8. The van der Waals surface area contributed by atoms with Crippen LogP contribution < -0.4 is 10.6 Å². The molecule has 0 aliphatic rings. The largest absolute Gasteiger partial charge is 0.375 e. The van der Waals surface area contributed by atoms with Crippen LogP contribution in [0.5, 0.6) is 0 Å². The zero-order valence-electron chi connectivity index (χ0n) is 14.5. The van der Waals surface area contributed by atoms with Gasteiger partial charge in [0, 0.05) is 11.4 Å². The Morgan fingerprint density at radius 2 is 1.88 bits per heavy atom. The molecule has 0 saturated heterocycles. The number of hydrogen-bond acceptors (Lipinski definition) is 6. The van der Waals surface area contributed by atoms with Crippen LogP contribution in [0, 0.1) is 6.92 Å². The highest BCUT2D eigenvalue weighted by atomic mass is 79.9. The zero-order valence-corrected chi connectivity index (χ0v) is 16.1. The number of hydrogen-bond donors (Lipinski definition) is 2. The second-order valence-corrected chi connectivity index (χ2v) is 6.52. The lowest BCUT2D eigenvalue weighted by molar-refractivity contribution is -0.114. The van der Waals surface area contributed by atoms with Crippen LogP contribution in [0.2, 0.25) is 0 Å². The standard InChI is InChI=1S/C17H22BrN5O2/c1-4-15(10-25-9-13-5-7-14(18)8-6-13)22-17-20-11(2)19-16(23-17)21-12(3)24/h5-8,15H,4,9-10H2,1-3H3,(H2,19,20,21,22,23,24). The van der Waals surface area contributed by atoms with Crippen LogP contribution in [-0.2, 0) is 16.1 Å². The summed E-state index contributed by atoms with van der Waals surface area (Å²) in [6.07, 6.45) is 0.848. The Morgan fingerprint density at radius 3 is 2.52 bits per heavy atom. The van der Waals surface area contributed by atoms with Crippen molar-refractivity contribution in [3.63, 3.8) is 0 Å². The van der Waals surface area contributed by atoms with E-state index < -0.39 is 0 Å². The molecule has 134 valence electrons. The van der Waals surface area contributed by atoms with Gasteiger partial charge in [0.15, 0.2) is 0 Å². The van der Waals surface area contributed by atoms with Crippen molar-refractivity contribution >= 4 is 33.7 Å². The molecule has 25 heavy (non-hydrogen) atoms. The number of halogens is 1. The highest BCUT2D eigenvalue weighted by molar-refractivity contribution is 9.10. The third-order valence-electron chi connectivity index (χ3n) is 3.36. The van der Waals surface area contributed by atoms with E-state index in [2.05, 4.69) is 48.4 Å². The number of benzene rings is 1. The summed E-state index contributed by atoms with van der Waals surface area (Å²) in [5.74, 6) is 0.983. The summed E-state index contributed by atoms with van der Waals surface area (Å²) in [6, 6.07) is 8.08. The maximum atomic E-state index is 11.2. The lowest BCUT2D eigenvalue weighted by Gasteiger charge is -2.17. The van der Waals surface area contributed by atoms with E-state index in [4.69, 9.17) is 4.74 Å². The molecule has 0 aliphatic heterocycles. The van der Waals surface area contributed by atoms with Gasteiger partial charge in [-0.3, -0.25) is 10.1 Å². The second-order valence-electron chi connectivity index (χ2n) is 5.60. The molecule has 0 saturated carbocycles. The van der Waals surface area contributed by atoms with Crippen molar-refractivity contribution in [3.8, 4) is 0 Å². The summed E-state index contributed by atoms with van der Waals surface area (Å²) in [4.78, 5) is 23.7. The van der Waals surface area contributed by atoms with Crippen molar-refractivity contribution in [1.29, 1.82) is 0 Å². The minimum absolute atomic E-state index is 0.0578. The molecule has 2 N–H and O–H groups in total. The first-order valence-electron chi connectivity index (χ1n) is 8.05. The maximum Gasteiger partial charge on any atom is 0.234 e. The molecule has 0 aliphatic carbocycles. The number of amides is 1. The molecule has 0 spiro atoms. The lowest BCUT2D eigenvalue weighted by Crippen LogP contribution is -2.26. The Labute approximate surface area is 155 Å². The first-order valence-corrected chi connectivity index (χ1v) is 8.84. The van der Waals surface area contributed by atoms with Gasteiger partial charge in [0.05, 0.1) is 19.3 Å². The SMILES string of the molecule is CCC(COCc1ccc(Br)cc1)Nc1nc(C)nc(NC(C)=O)n1. The highest BCUT2D eigenvalue weighted by Crippen LogP contribution is 2.12. The fourth-order valence-corrected chi connectivity index (χ4v) is 2.37. The van der Waals surface area contributed by atoms with Crippen LogP contribution >= 0.6 is 15.9 Å². The lowest BCUT2D eigenvalue weighted by atomic mass is 10.2. The number of ether oxygens (including phenoxy) is 1. The van der Waals surface area contributed by atoms with E-state index >= 15 is 0 Å². The van der Waals surface area contributed by atoms with Gasteiger partial charge < -0.3 is 10.1 Å². The van der Waals surface area contributed by atoms with Gasteiger partial charge in [-0.25, -0.2) is 0 Å². The monoisotopic (exact) mass is 407 g/mol. The summed E-state index contributed by atoms with van der Waals surface area (Å²) in [7, 11) is 0. The van der Waals surface area contributed by atoms with Gasteiger partial charge in [0.1, 0.15) is 5.82 Å². The van der Waals surface area contributed by atoms with Crippen molar-refractivity contribution in [1.82, 2.24) is 15.0 Å². The second kappa shape index (κ2) is 9.43. The van der Waals surface area contributed by atoms with Crippen molar-refractivity contribution in [2.45, 2.75) is 39.8 Å². The number of nitrogens with zero attached hydrogens (tertiary/aromatic N) is 3. The van der Waals surface area contributed by atoms with Crippen LogP contribution in [-0.4, -0.2) is 33.5 Å². The number of aromatic nitrogens is 3. The molecule has 0 bridgehead atoms. The van der Waals surface area contributed by atoms with Gasteiger partial charge in [-0.1, -0.05) is 35.0 Å². The van der Waals surface area contributed by atoms with Gasteiger partial charge in [0.2, 0.25) is 17.8 Å². The molecule has 7 nitrogen and oxygen atoms in total. The summed E-state index contributed by atoms with van der Waals surface area (Å²) in [6.45, 7) is 6.29. The molecule has 1 aromatic heterocycles. The van der Waals surface area contributed by atoms with Crippen LogP contribution in [0.1, 0.15) is 31.7 Å². The first kappa shape index (κ1) is 19.3. The van der Waals surface area contributed by atoms with E-state index in [1.54, 1.807) is 6.92 Å². The van der Waals surface area contributed by atoms with Gasteiger partial charge in [-0.15, -0.1) is 0 Å². The Morgan fingerprint density at radius 1 is 1.20 bits per heavy atom. The minimum atomic E-state index is -0.221. The number of aryl methyl sites for hydroxylation is 1. The van der Waals surface area contributed by atoms with Crippen LogP contribution in [0.4, 0.5) is 11.9 Å². The zero-order chi connectivity index (χ0) is 18.2. The molecular formula is C17H22BrN5O2. The average molecular weight is 408 g/mol. The van der Waals surface area contributed by atoms with E-state index in [1.165, 1.54) is 6.92 Å². The summed E-state index contributed by atoms with van der Waals surface area (Å²) in [5.41, 5.74) is 1.11.